The summed E-state index contributed by atoms with van der Waals surface area (Å²) in [7, 11) is 0. The van der Waals surface area contributed by atoms with E-state index in [0.29, 0.717) is 0 Å². The number of amides is 1. The van der Waals surface area contributed by atoms with E-state index >= 15 is 0 Å². The lowest BCUT2D eigenvalue weighted by Crippen LogP contribution is -2.62. The Morgan fingerprint density at radius 2 is 1.72 bits per heavy atom. The summed E-state index contributed by atoms with van der Waals surface area (Å²) in [6, 6.07) is 0. The third-order valence-electron chi connectivity index (χ3n) is 3.78. The van der Waals surface area contributed by atoms with Crippen molar-refractivity contribution in [1.29, 1.82) is 0 Å². The molecule has 0 spiro atoms. The van der Waals surface area contributed by atoms with Crippen LogP contribution in [0.2, 0.25) is 0 Å². The van der Waals surface area contributed by atoms with Gasteiger partial charge in [-0.1, -0.05) is 0 Å². The van der Waals surface area contributed by atoms with Crippen molar-refractivity contribution in [3.8, 4) is 0 Å². The number of aliphatic hydroxyl groups excluding tert-OH is 8. The number of ether oxygens (including phenoxy) is 2. The second-order valence-electron chi connectivity index (χ2n) is 5.49. The lowest BCUT2D eigenvalue weighted by atomic mass is 9.98. The molecule has 9 atom stereocenters. The van der Waals surface area contributed by atoms with Gasteiger partial charge in [-0.15, -0.1) is 0 Å². The Morgan fingerprint density at radius 1 is 1.12 bits per heavy atom. The number of carbonyl (C=O) groups is 1. The Kier molecular flexibility index (Phi) is 8.52. The zero-order valence-corrected chi connectivity index (χ0v) is 13.0. The number of nitrogens with two attached hydrogens (primary N) is 1. The zero-order chi connectivity index (χ0) is 19.3. The Labute approximate surface area is 141 Å². The van der Waals surface area contributed by atoms with Crippen molar-refractivity contribution in [2.45, 2.75) is 55.1 Å². The molecule has 1 aliphatic rings. The van der Waals surface area contributed by atoms with Crippen LogP contribution in [0.15, 0.2) is 0 Å². The van der Waals surface area contributed by atoms with E-state index in [9.17, 15) is 35.4 Å². The third kappa shape index (κ3) is 5.02. The molecule has 0 aromatic heterocycles. The minimum absolute atomic E-state index is 0.751. The van der Waals surface area contributed by atoms with E-state index in [1.165, 1.54) is 0 Å². The highest BCUT2D eigenvalue weighted by Crippen LogP contribution is 2.24. The average molecular weight is 372 g/mol. The predicted octanol–water partition coefficient (Wildman–Crippen LogP) is -6.76. The summed E-state index contributed by atoms with van der Waals surface area (Å²) in [5.41, 5.74) is 1.56. The molecule has 1 heterocycles. The second-order valence-corrected chi connectivity index (χ2v) is 5.49. The Balaban J connectivity index is 2.95. The number of aliphatic hydroxyl groups is 8. The first kappa shape index (κ1) is 22.1. The highest BCUT2D eigenvalue weighted by atomic mass is 16.7. The van der Waals surface area contributed by atoms with Gasteiger partial charge >= 0.3 is 0 Å². The van der Waals surface area contributed by atoms with E-state index < -0.39 is 74.2 Å². The van der Waals surface area contributed by atoms with Crippen molar-refractivity contribution in [2.24, 2.45) is 5.84 Å². The largest absolute Gasteiger partial charge is 0.394 e. The molecule has 148 valence electrons. The van der Waals surface area contributed by atoms with Crippen LogP contribution in [0.1, 0.15) is 0 Å². The quantitative estimate of drug-likeness (QED) is 0.109. The molecule has 13 nitrogen and oxygen atoms in total. The van der Waals surface area contributed by atoms with Crippen LogP contribution in [0.5, 0.6) is 0 Å². The van der Waals surface area contributed by atoms with Crippen molar-refractivity contribution in [3.63, 3.8) is 0 Å². The Morgan fingerprint density at radius 3 is 2.20 bits per heavy atom. The van der Waals surface area contributed by atoms with Crippen LogP contribution >= 0.6 is 0 Å². The third-order valence-corrected chi connectivity index (χ3v) is 3.78. The van der Waals surface area contributed by atoms with Crippen molar-refractivity contribution in [2.75, 3.05) is 13.2 Å². The molecule has 4 unspecified atom stereocenters. The molecular weight excluding hydrogens is 348 g/mol. The SMILES string of the molecule is NNC(=O)[C@H](O)[C@H](O)[C@H](O[C@@H]1OC(CO)C(O)C(O)[C@H]1O)C(O)CO. The molecule has 1 rings (SSSR count). The van der Waals surface area contributed by atoms with E-state index in [4.69, 9.17) is 25.5 Å². The minimum Gasteiger partial charge on any atom is -0.394 e. The molecule has 1 amide bonds. The summed E-state index contributed by atoms with van der Waals surface area (Å²) in [6.45, 7) is -1.71. The number of carbonyl (C=O) groups excluding carboxylic acids is 1. The zero-order valence-electron chi connectivity index (χ0n) is 13.0. The lowest BCUT2D eigenvalue weighted by molar-refractivity contribution is -0.326. The molecule has 1 saturated heterocycles. The first-order chi connectivity index (χ1) is 11.7. The van der Waals surface area contributed by atoms with Crippen LogP contribution in [-0.2, 0) is 14.3 Å². The van der Waals surface area contributed by atoms with E-state index in [-0.39, 0.29) is 0 Å². The molecule has 13 heteroatoms. The first-order valence-corrected chi connectivity index (χ1v) is 7.31. The van der Waals surface area contributed by atoms with Crippen LogP contribution in [0.3, 0.4) is 0 Å². The van der Waals surface area contributed by atoms with Crippen LogP contribution in [0.25, 0.3) is 0 Å². The number of nitrogens with one attached hydrogen (secondary N) is 1. The fraction of sp³-hybridized carbons (Fsp3) is 0.917. The minimum atomic E-state index is -2.17. The van der Waals surface area contributed by atoms with Gasteiger partial charge in [-0.2, -0.15) is 0 Å². The molecule has 11 N–H and O–H groups in total. The van der Waals surface area contributed by atoms with E-state index in [2.05, 4.69) is 0 Å². The van der Waals surface area contributed by atoms with Gasteiger partial charge in [0.1, 0.15) is 42.7 Å². The van der Waals surface area contributed by atoms with E-state index in [1.54, 1.807) is 5.43 Å². The van der Waals surface area contributed by atoms with Gasteiger partial charge in [0.25, 0.3) is 5.91 Å². The van der Waals surface area contributed by atoms with E-state index in [0.717, 1.165) is 0 Å². The van der Waals surface area contributed by atoms with Gasteiger partial charge < -0.3 is 50.3 Å². The van der Waals surface area contributed by atoms with Gasteiger partial charge in [-0.25, -0.2) is 5.84 Å². The first-order valence-electron chi connectivity index (χ1n) is 7.31. The van der Waals surface area contributed by atoms with Crippen LogP contribution in [0, 0.1) is 0 Å². The summed E-state index contributed by atoms with van der Waals surface area (Å²) in [5.74, 6) is 3.60. The fourth-order valence-electron chi connectivity index (χ4n) is 2.26. The highest BCUT2D eigenvalue weighted by molar-refractivity contribution is 5.80. The molecule has 0 aromatic rings. The lowest BCUT2D eigenvalue weighted by Gasteiger charge is -2.42. The molecule has 1 fully saturated rings. The van der Waals surface area contributed by atoms with E-state index in [1.807, 2.05) is 0 Å². The monoisotopic (exact) mass is 372 g/mol. The summed E-state index contributed by atoms with van der Waals surface area (Å²) < 4.78 is 10.1. The number of hydrogen-bond acceptors (Lipinski definition) is 12. The Bertz CT molecular complexity index is 426. The molecule has 0 aromatic carbocycles. The maximum Gasteiger partial charge on any atom is 0.265 e. The van der Waals surface area contributed by atoms with Crippen molar-refractivity contribution in [1.82, 2.24) is 5.43 Å². The maximum atomic E-state index is 11.3. The van der Waals surface area contributed by atoms with Gasteiger partial charge in [-0.05, 0) is 0 Å². The fourth-order valence-corrected chi connectivity index (χ4v) is 2.26. The smallest absolute Gasteiger partial charge is 0.265 e. The van der Waals surface area contributed by atoms with Crippen molar-refractivity contribution in [3.05, 3.63) is 0 Å². The Hall–Kier alpha value is -0.970. The van der Waals surface area contributed by atoms with Crippen LogP contribution in [0.4, 0.5) is 0 Å². The van der Waals surface area contributed by atoms with Crippen LogP contribution < -0.4 is 11.3 Å². The summed E-state index contributed by atoms with van der Waals surface area (Å²) >= 11 is 0. The van der Waals surface area contributed by atoms with Gasteiger partial charge in [0.05, 0.1) is 13.2 Å². The molecule has 25 heavy (non-hydrogen) atoms. The standard InChI is InChI=1S/C12H24N2O11/c13-14-11(23)8(21)7(20)10(3(17)1-15)25-12-9(22)6(19)5(18)4(2-16)24-12/h3-10,12,15-22H,1-2,13H2,(H,14,23)/t3?,4?,5?,6?,7-,8+,9+,10+,12-/m0/s1. The number of hydrazine groups is 1. The molecular formula is C12H24N2O11. The van der Waals surface area contributed by atoms with Gasteiger partial charge in [-0.3, -0.25) is 10.2 Å². The highest BCUT2D eigenvalue weighted by Gasteiger charge is 2.47. The van der Waals surface area contributed by atoms with Gasteiger partial charge in [0, 0.05) is 0 Å². The summed E-state index contributed by atoms with van der Waals surface area (Å²) in [6.07, 6.45) is -16.4. The molecule has 0 saturated carbocycles. The second kappa shape index (κ2) is 9.65. The predicted molar refractivity (Wildman–Crippen MR) is 76.1 cm³/mol. The van der Waals surface area contributed by atoms with Crippen LogP contribution in [-0.4, -0.2) is 115 Å². The van der Waals surface area contributed by atoms with Gasteiger partial charge in [0.15, 0.2) is 12.4 Å². The summed E-state index contributed by atoms with van der Waals surface area (Å²) in [5, 5.41) is 76.7. The maximum absolute atomic E-state index is 11.3. The average Bonchev–Trinajstić information content (AvgIpc) is 2.63. The van der Waals surface area contributed by atoms with Crippen molar-refractivity contribution < 1.29 is 55.1 Å². The molecule has 0 aliphatic carbocycles. The molecule has 0 radical (unpaired) electrons. The van der Waals surface area contributed by atoms with Crippen molar-refractivity contribution >= 4 is 5.91 Å². The number of rotatable bonds is 8. The normalized spacial score (nSPS) is 34.8. The number of hydrogen-bond donors (Lipinski definition) is 10. The van der Waals surface area contributed by atoms with Gasteiger partial charge in [0.2, 0.25) is 0 Å². The topological polar surface area (TPSA) is 235 Å². The molecule has 1 aliphatic heterocycles. The summed E-state index contributed by atoms with van der Waals surface area (Å²) in [4.78, 5) is 11.3. The molecule has 0 bridgehead atoms.